The zero-order chi connectivity index (χ0) is 20.9. The van der Waals surface area contributed by atoms with Crippen LogP contribution in [0.25, 0.3) is 0 Å². The summed E-state index contributed by atoms with van der Waals surface area (Å²) in [4.78, 5) is 17.1. The predicted molar refractivity (Wildman–Crippen MR) is 123 cm³/mol. The quantitative estimate of drug-likeness (QED) is 0.617. The van der Waals surface area contributed by atoms with Gasteiger partial charge in [-0.1, -0.05) is 54.1 Å². The van der Waals surface area contributed by atoms with Crippen molar-refractivity contribution in [2.45, 2.75) is 19.9 Å². The van der Waals surface area contributed by atoms with Crippen LogP contribution in [-0.4, -0.2) is 47.2 Å². The Morgan fingerprint density at radius 3 is 2.50 bits per heavy atom. The van der Waals surface area contributed by atoms with Crippen molar-refractivity contribution in [1.82, 2.24) is 15.1 Å². The summed E-state index contributed by atoms with van der Waals surface area (Å²) in [6, 6.07) is 15.8. The van der Waals surface area contributed by atoms with Crippen molar-refractivity contribution in [2.24, 2.45) is 0 Å². The van der Waals surface area contributed by atoms with Crippen molar-refractivity contribution in [3.63, 3.8) is 0 Å². The molecule has 0 aliphatic carbocycles. The van der Waals surface area contributed by atoms with Gasteiger partial charge in [0.1, 0.15) is 5.01 Å². The normalized spacial score (nSPS) is 14.7. The summed E-state index contributed by atoms with van der Waals surface area (Å²) >= 11 is 7.67. The van der Waals surface area contributed by atoms with Gasteiger partial charge in [-0.3, -0.25) is 9.69 Å². The molecule has 0 atom stereocenters. The lowest BCUT2D eigenvalue weighted by molar-refractivity contribution is 0.102. The van der Waals surface area contributed by atoms with Crippen LogP contribution in [0.5, 0.6) is 0 Å². The molecular formula is C22H24ClN5OS. The highest BCUT2D eigenvalue weighted by Gasteiger charge is 2.21. The molecule has 1 amide bonds. The van der Waals surface area contributed by atoms with Crippen molar-refractivity contribution in [3.05, 3.63) is 69.1 Å². The van der Waals surface area contributed by atoms with E-state index in [4.69, 9.17) is 11.6 Å². The summed E-state index contributed by atoms with van der Waals surface area (Å²) < 4.78 is 0. The van der Waals surface area contributed by atoms with Crippen LogP contribution in [0.2, 0.25) is 5.02 Å². The number of hydrogen-bond acceptors (Lipinski definition) is 6. The molecule has 0 bridgehead atoms. The molecule has 1 saturated heterocycles. The topological polar surface area (TPSA) is 61.4 Å². The third-order valence-electron chi connectivity index (χ3n) is 5.21. The lowest BCUT2D eigenvalue weighted by atomic mass is 10.1. The van der Waals surface area contributed by atoms with E-state index in [1.54, 1.807) is 0 Å². The zero-order valence-electron chi connectivity index (χ0n) is 16.8. The number of aryl methyl sites for hydroxylation is 1. The van der Waals surface area contributed by atoms with Crippen LogP contribution in [0.3, 0.4) is 0 Å². The zero-order valence-corrected chi connectivity index (χ0v) is 18.4. The average Bonchev–Trinajstić information content (AvgIpc) is 3.24. The second-order valence-electron chi connectivity index (χ2n) is 7.22. The Kier molecular flexibility index (Phi) is 6.62. The fourth-order valence-corrected chi connectivity index (χ4v) is 4.50. The Bertz CT molecular complexity index is 999. The number of nitrogens with one attached hydrogen (secondary N) is 1. The molecule has 8 heteroatoms. The van der Waals surface area contributed by atoms with Gasteiger partial charge < -0.3 is 10.2 Å². The fourth-order valence-electron chi connectivity index (χ4n) is 3.46. The lowest BCUT2D eigenvalue weighted by Crippen LogP contribution is -2.46. The van der Waals surface area contributed by atoms with E-state index in [-0.39, 0.29) is 5.91 Å². The first-order chi connectivity index (χ1) is 14.6. The number of benzene rings is 2. The molecule has 4 rings (SSSR count). The molecule has 0 unspecified atom stereocenters. The highest BCUT2D eigenvalue weighted by molar-refractivity contribution is 7.13. The summed E-state index contributed by atoms with van der Waals surface area (Å²) in [5.41, 5.74) is 3.09. The van der Waals surface area contributed by atoms with Crippen LogP contribution < -0.4 is 10.2 Å². The van der Waals surface area contributed by atoms with Crippen LogP contribution in [0.15, 0.2) is 48.5 Å². The first-order valence-corrected chi connectivity index (χ1v) is 11.3. The molecule has 1 N–H and O–H groups in total. The molecule has 2 heterocycles. The predicted octanol–water partition coefficient (Wildman–Crippen LogP) is 4.33. The number of nitrogens with zero attached hydrogens (tertiary/aromatic N) is 4. The van der Waals surface area contributed by atoms with Gasteiger partial charge in [0, 0.05) is 31.9 Å². The fraction of sp³-hybridized carbons (Fsp3) is 0.318. The van der Waals surface area contributed by atoms with Gasteiger partial charge in [-0.15, -0.1) is 10.2 Å². The van der Waals surface area contributed by atoms with Crippen molar-refractivity contribution in [2.75, 3.05) is 36.4 Å². The average molecular weight is 442 g/mol. The van der Waals surface area contributed by atoms with Gasteiger partial charge in [0.2, 0.25) is 5.01 Å². The number of rotatable bonds is 6. The number of amides is 1. The second-order valence-corrected chi connectivity index (χ2v) is 8.69. The van der Waals surface area contributed by atoms with Crippen LogP contribution in [-0.2, 0) is 13.0 Å². The summed E-state index contributed by atoms with van der Waals surface area (Å²) in [6.45, 7) is 6.44. The molecule has 1 aliphatic heterocycles. The number of piperazine rings is 1. The number of hydrogen-bond donors (Lipinski definition) is 1. The van der Waals surface area contributed by atoms with E-state index in [1.807, 2.05) is 42.5 Å². The highest BCUT2D eigenvalue weighted by Crippen LogP contribution is 2.26. The second kappa shape index (κ2) is 9.55. The van der Waals surface area contributed by atoms with Gasteiger partial charge in [-0.25, -0.2) is 0 Å². The molecule has 1 aliphatic rings. The third kappa shape index (κ3) is 4.98. The Hall–Kier alpha value is -2.48. The van der Waals surface area contributed by atoms with Gasteiger partial charge in [0.05, 0.1) is 17.3 Å². The lowest BCUT2D eigenvalue weighted by Gasteiger charge is -2.36. The van der Waals surface area contributed by atoms with Crippen molar-refractivity contribution in [1.29, 1.82) is 0 Å². The van der Waals surface area contributed by atoms with E-state index in [9.17, 15) is 4.79 Å². The van der Waals surface area contributed by atoms with Gasteiger partial charge in [0.15, 0.2) is 0 Å². The van der Waals surface area contributed by atoms with E-state index >= 15 is 0 Å². The first-order valence-electron chi connectivity index (χ1n) is 10.1. The maximum atomic E-state index is 12.5. The number of aromatic nitrogens is 2. The molecule has 1 fully saturated rings. The summed E-state index contributed by atoms with van der Waals surface area (Å²) in [6.07, 6.45) is 0.973. The highest BCUT2D eigenvalue weighted by atomic mass is 35.5. The van der Waals surface area contributed by atoms with Crippen LogP contribution in [0, 0.1) is 0 Å². The number of anilines is 2. The maximum Gasteiger partial charge on any atom is 0.286 e. The number of carbonyl (C=O) groups excluding carboxylic acids is 1. The van der Waals surface area contributed by atoms with E-state index in [1.165, 1.54) is 16.9 Å². The first kappa shape index (κ1) is 20.8. The van der Waals surface area contributed by atoms with E-state index in [0.717, 1.165) is 54.0 Å². The van der Waals surface area contributed by atoms with E-state index in [0.29, 0.717) is 11.6 Å². The van der Waals surface area contributed by atoms with E-state index in [2.05, 4.69) is 38.3 Å². The van der Waals surface area contributed by atoms with Crippen LogP contribution in [0.1, 0.15) is 27.3 Å². The smallest absolute Gasteiger partial charge is 0.286 e. The molecule has 156 valence electrons. The molecule has 3 aromatic rings. The standard InChI is InChI=1S/C22H24ClN5OS/c1-2-16-7-9-17(10-8-16)24-21(29)22-26-25-20(30-22)15-27-11-13-28(14-12-27)19-6-4-3-5-18(19)23/h3-10H,2,11-15H2,1H3,(H,24,29). The molecule has 0 radical (unpaired) electrons. The van der Waals surface area contributed by atoms with Gasteiger partial charge in [-0.05, 0) is 36.2 Å². The van der Waals surface area contributed by atoms with Gasteiger partial charge >= 0.3 is 0 Å². The molecular weight excluding hydrogens is 418 g/mol. The minimum atomic E-state index is -0.216. The summed E-state index contributed by atoms with van der Waals surface area (Å²) in [5, 5.41) is 13.2. The monoisotopic (exact) mass is 441 g/mol. The largest absolute Gasteiger partial charge is 0.368 e. The number of carbonyl (C=O) groups is 1. The van der Waals surface area contributed by atoms with Crippen LogP contribution >= 0.6 is 22.9 Å². The molecule has 1 aromatic heterocycles. The minimum Gasteiger partial charge on any atom is -0.368 e. The minimum absolute atomic E-state index is 0.216. The maximum absolute atomic E-state index is 12.5. The summed E-state index contributed by atoms with van der Waals surface area (Å²) in [7, 11) is 0. The molecule has 0 saturated carbocycles. The van der Waals surface area contributed by atoms with Crippen molar-refractivity contribution >= 4 is 40.2 Å². The number of halogens is 1. The number of para-hydroxylation sites is 1. The summed E-state index contributed by atoms with van der Waals surface area (Å²) in [5.74, 6) is -0.216. The molecule has 30 heavy (non-hydrogen) atoms. The molecule has 6 nitrogen and oxygen atoms in total. The Labute approximate surface area is 185 Å². The van der Waals surface area contributed by atoms with Crippen molar-refractivity contribution < 1.29 is 4.79 Å². The van der Waals surface area contributed by atoms with Crippen LogP contribution in [0.4, 0.5) is 11.4 Å². The Morgan fingerprint density at radius 1 is 1.07 bits per heavy atom. The van der Waals surface area contributed by atoms with Gasteiger partial charge in [-0.2, -0.15) is 0 Å². The van der Waals surface area contributed by atoms with E-state index < -0.39 is 0 Å². The Morgan fingerprint density at radius 2 is 1.80 bits per heavy atom. The molecule has 2 aromatic carbocycles. The SMILES string of the molecule is CCc1ccc(NC(=O)c2nnc(CN3CCN(c4ccccc4Cl)CC3)s2)cc1. The van der Waals surface area contributed by atoms with Gasteiger partial charge in [0.25, 0.3) is 5.91 Å². The Balaban J connectivity index is 1.30. The van der Waals surface area contributed by atoms with Crippen molar-refractivity contribution in [3.8, 4) is 0 Å². The third-order valence-corrected chi connectivity index (χ3v) is 6.43. The molecule has 0 spiro atoms.